The zero-order valence-corrected chi connectivity index (χ0v) is 13.2. The maximum atomic E-state index is 3.59. The molecule has 0 aliphatic carbocycles. The van der Waals surface area contributed by atoms with E-state index >= 15 is 0 Å². The first-order valence-corrected chi connectivity index (χ1v) is 8.51. The molecule has 0 saturated carbocycles. The van der Waals surface area contributed by atoms with Gasteiger partial charge in [0.2, 0.25) is 0 Å². The van der Waals surface area contributed by atoms with Gasteiger partial charge in [0.15, 0.2) is 0 Å². The van der Waals surface area contributed by atoms with Gasteiger partial charge in [-0.3, -0.25) is 4.90 Å². The summed E-state index contributed by atoms with van der Waals surface area (Å²) in [4.78, 5) is 4.34. The number of nitrogens with zero attached hydrogens (tertiary/aromatic N) is 1. The SMILES string of the molecule is CC1c2ccsc2CCN1CC1(C(C)C)CCNC1. The number of nitrogens with one attached hydrogen (secondary N) is 1. The van der Waals surface area contributed by atoms with Crippen molar-refractivity contribution in [3.05, 3.63) is 21.9 Å². The van der Waals surface area contributed by atoms with Crippen LogP contribution < -0.4 is 5.32 Å². The Morgan fingerprint density at radius 2 is 2.37 bits per heavy atom. The monoisotopic (exact) mass is 278 g/mol. The van der Waals surface area contributed by atoms with E-state index in [1.807, 2.05) is 11.3 Å². The van der Waals surface area contributed by atoms with Crippen LogP contribution in [0.2, 0.25) is 0 Å². The summed E-state index contributed by atoms with van der Waals surface area (Å²) in [5.41, 5.74) is 2.07. The number of rotatable bonds is 3. The van der Waals surface area contributed by atoms with E-state index in [4.69, 9.17) is 0 Å². The number of hydrogen-bond donors (Lipinski definition) is 1. The number of thiophene rings is 1. The second-order valence-corrected chi connectivity index (χ2v) is 7.64. The van der Waals surface area contributed by atoms with Crippen LogP contribution in [0.25, 0.3) is 0 Å². The van der Waals surface area contributed by atoms with Gasteiger partial charge in [-0.05, 0) is 54.7 Å². The lowest BCUT2D eigenvalue weighted by atomic mass is 9.75. The summed E-state index contributed by atoms with van der Waals surface area (Å²) in [7, 11) is 0. The number of fused-ring (bicyclic) bond motifs is 1. The largest absolute Gasteiger partial charge is 0.316 e. The summed E-state index contributed by atoms with van der Waals surface area (Å²) in [6.45, 7) is 12.1. The van der Waals surface area contributed by atoms with Gasteiger partial charge in [-0.15, -0.1) is 11.3 Å². The minimum Gasteiger partial charge on any atom is -0.316 e. The van der Waals surface area contributed by atoms with E-state index in [2.05, 4.69) is 42.4 Å². The van der Waals surface area contributed by atoms with Gasteiger partial charge in [0, 0.05) is 30.6 Å². The standard InChI is InChI=1S/C16H26N2S/c1-12(2)16(6-7-17-10-16)11-18-8-4-15-14(13(18)3)5-9-19-15/h5,9,12-13,17H,4,6-8,10-11H2,1-3H3. The molecule has 0 amide bonds. The Hall–Kier alpha value is -0.380. The molecule has 1 saturated heterocycles. The summed E-state index contributed by atoms with van der Waals surface area (Å²) in [5.74, 6) is 0.763. The molecule has 3 heteroatoms. The minimum absolute atomic E-state index is 0.488. The van der Waals surface area contributed by atoms with Crippen LogP contribution in [0, 0.1) is 11.3 Å². The van der Waals surface area contributed by atoms with E-state index in [-0.39, 0.29) is 0 Å². The number of hydrogen-bond acceptors (Lipinski definition) is 3. The van der Waals surface area contributed by atoms with Gasteiger partial charge in [-0.1, -0.05) is 13.8 Å². The van der Waals surface area contributed by atoms with Crippen LogP contribution in [0.3, 0.4) is 0 Å². The van der Waals surface area contributed by atoms with E-state index in [1.165, 1.54) is 39.0 Å². The molecule has 2 aliphatic rings. The van der Waals surface area contributed by atoms with E-state index in [0.717, 1.165) is 5.92 Å². The Kier molecular flexibility index (Phi) is 3.71. The molecule has 0 aromatic carbocycles. The van der Waals surface area contributed by atoms with Crippen molar-refractivity contribution in [1.82, 2.24) is 10.2 Å². The maximum absolute atomic E-state index is 3.59. The molecular weight excluding hydrogens is 252 g/mol. The molecule has 0 spiro atoms. The van der Waals surface area contributed by atoms with Crippen LogP contribution in [-0.2, 0) is 6.42 Å². The fourth-order valence-electron chi connectivity index (χ4n) is 3.76. The Bertz CT molecular complexity index is 432. The first-order chi connectivity index (χ1) is 9.12. The molecular formula is C16H26N2S. The third-order valence-electron chi connectivity index (χ3n) is 5.42. The first-order valence-electron chi connectivity index (χ1n) is 7.63. The van der Waals surface area contributed by atoms with Gasteiger partial charge in [0.05, 0.1) is 0 Å². The average Bonchev–Trinajstić information content (AvgIpc) is 3.02. The minimum atomic E-state index is 0.488. The summed E-state index contributed by atoms with van der Waals surface area (Å²) in [6, 6.07) is 2.94. The third kappa shape index (κ3) is 2.37. The van der Waals surface area contributed by atoms with Crippen LogP contribution >= 0.6 is 11.3 Å². The van der Waals surface area contributed by atoms with Crippen molar-refractivity contribution in [2.75, 3.05) is 26.2 Å². The summed E-state index contributed by atoms with van der Waals surface area (Å²) in [5, 5.41) is 5.85. The highest BCUT2D eigenvalue weighted by molar-refractivity contribution is 7.10. The predicted molar refractivity (Wildman–Crippen MR) is 82.8 cm³/mol. The highest BCUT2D eigenvalue weighted by atomic mass is 32.1. The van der Waals surface area contributed by atoms with E-state index in [9.17, 15) is 0 Å². The van der Waals surface area contributed by atoms with Crippen LogP contribution in [-0.4, -0.2) is 31.1 Å². The average molecular weight is 278 g/mol. The topological polar surface area (TPSA) is 15.3 Å². The molecule has 19 heavy (non-hydrogen) atoms. The van der Waals surface area contributed by atoms with E-state index < -0.39 is 0 Å². The summed E-state index contributed by atoms with van der Waals surface area (Å²) < 4.78 is 0. The third-order valence-corrected chi connectivity index (χ3v) is 6.42. The van der Waals surface area contributed by atoms with Gasteiger partial charge in [0.1, 0.15) is 0 Å². The normalized spacial score (nSPS) is 31.9. The molecule has 1 aromatic rings. The van der Waals surface area contributed by atoms with Crippen LogP contribution in [0.15, 0.2) is 11.4 Å². The molecule has 3 rings (SSSR count). The van der Waals surface area contributed by atoms with Crippen molar-refractivity contribution in [3.63, 3.8) is 0 Å². The highest BCUT2D eigenvalue weighted by Gasteiger charge is 2.40. The molecule has 3 heterocycles. The summed E-state index contributed by atoms with van der Waals surface area (Å²) >= 11 is 1.94. The molecule has 1 fully saturated rings. The summed E-state index contributed by atoms with van der Waals surface area (Å²) in [6.07, 6.45) is 2.59. The predicted octanol–water partition coefficient (Wildman–Crippen LogP) is 3.30. The van der Waals surface area contributed by atoms with Gasteiger partial charge < -0.3 is 5.32 Å². The van der Waals surface area contributed by atoms with Gasteiger partial charge >= 0.3 is 0 Å². The van der Waals surface area contributed by atoms with Gasteiger partial charge in [-0.2, -0.15) is 0 Å². The van der Waals surface area contributed by atoms with Crippen molar-refractivity contribution in [2.45, 2.75) is 39.7 Å². The van der Waals surface area contributed by atoms with Crippen molar-refractivity contribution < 1.29 is 0 Å². The van der Waals surface area contributed by atoms with E-state index in [0.29, 0.717) is 11.5 Å². The second kappa shape index (κ2) is 5.19. The second-order valence-electron chi connectivity index (χ2n) is 6.64. The van der Waals surface area contributed by atoms with Crippen molar-refractivity contribution in [3.8, 4) is 0 Å². The van der Waals surface area contributed by atoms with Crippen LogP contribution in [0.4, 0.5) is 0 Å². The quantitative estimate of drug-likeness (QED) is 0.912. The molecule has 2 nitrogen and oxygen atoms in total. The zero-order valence-electron chi connectivity index (χ0n) is 12.4. The van der Waals surface area contributed by atoms with Gasteiger partial charge in [-0.25, -0.2) is 0 Å². The van der Waals surface area contributed by atoms with Crippen molar-refractivity contribution in [1.29, 1.82) is 0 Å². The fourth-order valence-corrected chi connectivity index (χ4v) is 4.72. The molecule has 2 unspecified atom stereocenters. The molecule has 1 N–H and O–H groups in total. The van der Waals surface area contributed by atoms with Crippen molar-refractivity contribution in [2.24, 2.45) is 11.3 Å². The smallest absolute Gasteiger partial charge is 0.0331 e. The molecule has 106 valence electrons. The maximum Gasteiger partial charge on any atom is 0.0331 e. The highest BCUT2D eigenvalue weighted by Crippen LogP contribution is 2.39. The Morgan fingerprint density at radius 1 is 1.53 bits per heavy atom. The molecule has 0 bridgehead atoms. The molecule has 2 aliphatic heterocycles. The lowest BCUT2D eigenvalue weighted by Crippen LogP contribution is -2.45. The Labute approximate surface area is 121 Å². The Morgan fingerprint density at radius 3 is 3.05 bits per heavy atom. The zero-order chi connectivity index (χ0) is 13.5. The molecule has 2 atom stereocenters. The van der Waals surface area contributed by atoms with Crippen LogP contribution in [0.5, 0.6) is 0 Å². The first kappa shape index (κ1) is 13.6. The molecule has 0 radical (unpaired) electrons. The van der Waals surface area contributed by atoms with Crippen LogP contribution in [0.1, 0.15) is 43.7 Å². The lowest BCUT2D eigenvalue weighted by molar-refractivity contribution is 0.0855. The van der Waals surface area contributed by atoms with Crippen molar-refractivity contribution >= 4 is 11.3 Å². The van der Waals surface area contributed by atoms with E-state index in [1.54, 1.807) is 10.4 Å². The molecule has 1 aromatic heterocycles. The van der Waals surface area contributed by atoms with Gasteiger partial charge in [0.25, 0.3) is 0 Å². The Balaban J connectivity index is 1.77. The lowest BCUT2D eigenvalue weighted by Gasteiger charge is -2.42. The fraction of sp³-hybridized carbons (Fsp3) is 0.750.